The molecule has 0 saturated carbocycles. The number of hydrogen-bond donors (Lipinski definition) is 1. The third-order valence-corrected chi connectivity index (χ3v) is 3.99. The van der Waals surface area contributed by atoms with Crippen LogP contribution in [0.15, 0.2) is 41.0 Å². The third-order valence-electron chi connectivity index (χ3n) is 3.99. The fourth-order valence-electron chi connectivity index (χ4n) is 2.82. The van der Waals surface area contributed by atoms with Crippen molar-refractivity contribution in [3.05, 3.63) is 42.3 Å². The molecule has 3 amide bonds. The van der Waals surface area contributed by atoms with Crippen molar-refractivity contribution in [2.24, 2.45) is 0 Å². The minimum Gasteiger partial charge on any atom is -0.444 e. The van der Waals surface area contributed by atoms with Gasteiger partial charge in [-0.15, -0.1) is 0 Å². The maximum Gasteiger partial charge on any atom is 0.325 e. The lowest BCUT2D eigenvalue weighted by Crippen LogP contribution is -2.43. The molecule has 1 fully saturated rings. The second-order valence-corrected chi connectivity index (χ2v) is 5.91. The first kappa shape index (κ1) is 15.3. The minimum atomic E-state index is -0.822. The van der Waals surface area contributed by atoms with Crippen molar-refractivity contribution in [2.45, 2.75) is 38.8 Å². The van der Waals surface area contributed by atoms with Crippen LogP contribution in [0.2, 0.25) is 0 Å². The zero-order valence-electron chi connectivity index (χ0n) is 13.2. The molecule has 120 valence electrons. The Morgan fingerprint density at radius 1 is 1.26 bits per heavy atom. The Balaban J connectivity index is 1.77. The van der Waals surface area contributed by atoms with Crippen LogP contribution < -0.4 is 5.32 Å². The highest BCUT2D eigenvalue weighted by Crippen LogP contribution is 2.25. The zero-order chi connectivity index (χ0) is 16.4. The van der Waals surface area contributed by atoms with Crippen molar-refractivity contribution in [1.82, 2.24) is 15.2 Å². The molecule has 0 radical (unpaired) electrons. The molecule has 0 bridgehead atoms. The maximum atomic E-state index is 12.5. The summed E-state index contributed by atoms with van der Waals surface area (Å²) in [6.07, 6.45) is 2.92. The van der Waals surface area contributed by atoms with E-state index in [1.807, 2.05) is 37.3 Å². The number of benzene rings is 1. The van der Waals surface area contributed by atoms with Crippen LogP contribution in [0.5, 0.6) is 0 Å². The smallest absolute Gasteiger partial charge is 0.325 e. The molecule has 0 spiro atoms. The number of imide groups is 1. The zero-order valence-corrected chi connectivity index (χ0v) is 13.2. The SMILES string of the molecule is CCC[C@]1(C)NC(=O)N(Cc2coc(-c3ccccc3)n2)C1=O. The van der Waals surface area contributed by atoms with Crippen molar-refractivity contribution in [1.29, 1.82) is 0 Å². The fraction of sp³-hybridized carbons (Fsp3) is 0.353. The quantitative estimate of drug-likeness (QED) is 0.861. The number of urea groups is 1. The number of nitrogens with zero attached hydrogens (tertiary/aromatic N) is 2. The summed E-state index contributed by atoms with van der Waals surface area (Å²) < 4.78 is 5.45. The first-order valence-electron chi connectivity index (χ1n) is 7.67. The minimum absolute atomic E-state index is 0.111. The van der Waals surface area contributed by atoms with Gasteiger partial charge in [-0.25, -0.2) is 9.78 Å². The Bertz CT molecular complexity index is 726. The van der Waals surface area contributed by atoms with Crippen LogP contribution in [-0.2, 0) is 11.3 Å². The molecule has 2 heterocycles. The largest absolute Gasteiger partial charge is 0.444 e. The molecule has 6 heteroatoms. The van der Waals surface area contributed by atoms with E-state index in [0.29, 0.717) is 18.0 Å². The fourth-order valence-corrected chi connectivity index (χ4v) is 2.82. The van der Waals surface area contributed by atoms with E-state index in [9.17, 15) is 9.59 Å². The van der Waals surface area contributed by atoms with Crippen LogP contribution in [-0.4, -0.2) is 27.4 Å². The maximum absolute atomic E-state index is 12.5. The molecule has 3 rings (SSSR count). The Labute approximate surface area is 134 Å². The second-order valence-electron chi connectivity index (χ2n) is 5.91. The van der Waals surface area contributed by atoms with Gasteiger partial charge in [-0.1, -0.05) is 31.5 Å². The van der Waals surface area contributed by atoms with Gasteiger partial charge in [0.25, 0.3) is 5.91 Å². The van der Waals surface area contributed by atoms with Crippen LogP contribution in [0, 0.1) is 0 Å². The topological polar surface area (TPSA) is 75.4 Å². The number of hydrogen-bond acceptors (Lipinski definition) is 4. The highest BCUT2D eigenvalue weighted by Gasteiger charge is 2.47. The van der Waals surface area contributed by atoms with E-state index in [1.165, 1.54) is 11.2 Å². The van der Waals surface area contributed by atoms with Crippen LogP contribution >= 0.6 is 0 Å². The molecule has 1 aliphatic heterocycles. The first-order chi connectivity index (χ1) is 11.0. The van der Waals surface area contributed by atoms with Gasteiger partial charge in [0.1, 0.15) is 11.8 Å². The standard InChI is InChI=1S/C17H19N3O3/c1-3-9-17(2)15(21)20(16(22)19-17)10-13-11-23-14(18-13)12-7-5-4-6-8-12/h4-8,11H,3,9-10H2,1-2H3,(H,19,22)/t17-/m0/s1. The number of aromatic nitrogens is 1. The summed E-state index contributed by atoms with van der Waals surface area (Å²) in [6, 6.07) is 9.10. The van der Waals surface area contributed by atoms with E-state index in [-0.39, 0.29) is 18.5 Å². The van der Waals surface area contributed by atoms with E-state index in [4.69, 9.17) is 4.42 Å². The Morgan fingerprint density at radius 3 is 2.70 bits per heavy atom. The molecule has 6 nitrogen and oxygen atoms in total. The highest BCUT2D eigenvalue weighted by molar-refractivity contribution is 6.06. The number of oxazole rings is 1. The van der Waals surface area contributed by atoms with Crippen LogP contribution in [0.3, 0.4) is 0 Å². The van der Waals surface area contributed by atoms with Gasteiger partial charge >= 0.3 is 6.03 Å². The van der Waals surface area contributed by atoms with Crippen molar-refractivity contribution >= 4 is 11.9 Å². The van der Waals surface area contributed by atoms with E-state index in [0.717, 1.165) is 12.0 Å². The van der Waals surface area contributed by atoms with Gasteiger partial charge in [0.15, 0.2) is 0 Å². The molecular weight excluding hydrogens is 294 g/mol. The molecule has 0 aliphatic carbocycles. The molecule has 1 saturated heterocycles. The van der Waals surface area contributed by atoms with Gasteiger partial charge in [0.2, 0.25) is 5.89 Å². The Morgan fingerprint density at radius 2 is 2.00 bits per heavy atom. The first-order valence-corrected chi connectivity index (χ1v) is 7.67. The second kappa shape index (κ2) is 5.87. The van der Waals surface area contributed by atoms with Gasteiger partial charge in [-0.3, -0.25) is 9.69 Å². The molecule has 2 aromatic rings. The van der Waals surface area contributed by atoms with Gasteiger partial charge in [0.05, 0.1) is 12.2 Å². The van der Waals surface area contributed by atoms with Crippen molar-refractivity contribution < 1.29 is 14.0 Å². The summed E-state index contributed by atoms with van der Waals surface area (Å²) in [5, 5.41) is 2.77. The normalized spacial score (nSPS) is 20.9. The van der Waals surface area contributed by atoms with Gasteiger partial charge < -0.3 is 9.73 Å². The summed E-state index contributed by atoms with van der Waals surface area (Å²) in [6.45, 7) is 3.85. The van der Waals surface area contributed by atoms with E-state index >= 15 is 0 Å². The van der Waals surface area contributed by atoms with Gasteiger partial charge in [0, 0.05) is 5.56 Å². The lowest BCUT2D eigenvalue weighted by molar-refractivity contribution is -0.131. The molecule has 23 heavy (non-hydrogen) atoms. The predicted octanol–water partition coefficient (Wildman–Crippen LogP) is 2.95. The van der Waals surface area contributed by atoms with Crippen molar-refractivity contribution in [2.75, 3.05) is 0 Å². The number of carbonyl (C=O) groups excluding carboxylic acids is 2. The summed E-state index contributed by atoms with van der Waals surface area (Å²) in [5.41, 5.74) is 0.581. The molecular formula is C17H19N3O3. The highest BCUT2D eigenvalue weighted by atomic mass is 16.3. The average molecular weight is 313 g/mol. The average Bonchev–Trinajstić information content (AvgIpc) is 3.08. The molecule has 1 aromatic carbocycles. The Hall–Kier alpha value is -2.63. The van der Waals surface area contributed by atoms with E-state index in [1.54, 1.807) is 6.92 Å². The third kappa shape index (κ3) is 2.84. The van der Waals surface area contributed by atoms with Gasteiger partial charge in [-0.05, 0) is 25.5 Å². The lowest BCUT2D eigenvalue weighted by atomic mass is 9.96. The van der Waals surface area contributed by atoms with Crippen LogP contribution in [0.1, 0.15) is 32.4 Å². The van der Waals surface area contributed by atoms with Crippen molar-refractivity contribution in [3.8, 4) is 11.5 Å². The van der Waals surface area contributed by atoms with Gasteiger partial charge in [-0.2, -0.15) is 0 Å². The molecule has 1 aromatic heterocycles. The van der Waals surface area contributed by atoms with Crippen LogP contribution in [0.25, 0.3) is 11.5 Å². The number of amides is 3. The van der Waals surface area contributed by atoms with Crippen molar-refractivity contribution in [3.63, 3.8) is 0 Å². The summed E-state index contributed by atoms with van der Waals surface area (Å²) in [5.74, 6) is 0.262. The van der Waals surface area contributed by atoms with E-state index < -0.39 is 5.54 Å². The number of nitrogens with one attached hydrogen (secondary N) is 1. The summed E-state index contributed by atoms with van der Waals surface area (Å²) in [4.78, 5) is 30.1. The molecule has 0 unspecified atom stereocenters. The molecule has 1 aliphatic rings. The monoisotopic (exact) mass is 313 g/mol. The number of carbonyl (C=O) groups is 2. The lowest BCUT2D eigenvalue weighted by Gasteiger charge is -2.20. The van der Waals surface area contributed by atoms with Crippen LogP contribution in [0.4, 0.5) is 4.79 Å². The molecule has 1 atom stereocenters. The number of rotatable bonds is 5. The summed E-state index contributed by atoms with van der Waals surface area (Å²) in [7, 11) is 0. The Kier molecular flexibility index (Phi) is 3.90. The van der Waals surface area contributed by atoms with E-state index in [2.05, 4.69) is 10.3 Å². The predicted molar refractivity (Wildman–Crippen MR) is 84.3 cm³/mol. The summed E-state index contributed by atoms with van der Waals surface area (Å²) >= 11 is 0. The molecule has 1 N–H and O–H groups in total.